The van der Waals surface area contributed by atoms with Gasteiger partial charge in [0.1, 0.15) is 17.6 Å². The summed E-state index contributed by atoms with van der Waals surface area (Å²) in [7, 11) is 1.64. The predicted molar refractivity (Wildman–Crippen MR) is 109 cm³/mol. The van der Waals surface area contributed by atoms with Crippen LogP contribution in [0.5, 0.6) is 11.5 Å². The number of benzene rings is 2. The number of aryl methyl sites for hydroxylation is 1. The largest absolute Gasteiger partial charge is 0.497 e. The number of nitrogens with zero attached hydrogens (tertiary/aromatic N) is 1. The summed E-state index contributed by atoms with van der Waals surface area (Å²) in [6.07, 6.45) is 4.37. The van der Waals surface area contributed by atoms with Gasteiger partial charge in [-0.05, 0) is 55.5 Å². The quantitative estimate of drug-likeness (QED) is 0.855. The standard InChI is InChI=1S/C22H27ClN2O2/c1-26-18-11-16(23)12-19(13-18)27-22-20-7-3-2-5-15(20)8-9-21(22)25-10-4-6-17(24)14-25/h2-3,5,7,11-13,17,21-22H,4,6,8-10,14,24H2,1H3/t17-,21-,22-/m0/s1. The first-order valence-corrected chi connectivity index (χ1v) is 10.1. The van der Waals surface area contributed by atoms with E-state index >= 15 is 0 Å². The molecular formula is C22H27ClN2O2. The predicted octanol–water partition coefficient (Wildman–Crippen LogP) is 4.21. The third-order valence-corrected chi connectivity index (χ3v) is 5.94. The first-order chi connectivity index (χ1) is 13.1. The van der Waals surface area contributed by atoms with E-state index in [-0.39, 0.29) is 12.1 Å². The highest BCUT2D eigenvalue weighted by Gasteiger charge is 2.36. The number of hydrogen-bond donors (Lipinski definition) is 1. The second kappa shape index (κ2) is 8.09. The maximum absolute atomic E-state index is 6.56. The van der Waals surface area contributed by atoms with Crippen LogP contribution in [0.25, 0.3) is 0 Å². The van der Waals surface area contributed by atoms with Crippen LogP contribution in [0, 0.1) is 0 Å². The average molecular weight is 387 g/mol. The molecule has 1 aliphatic heterocycles. The van der Waals surface area contributed by atoms with Crippen molar-refractivity contribution in [2.45, 2.75) is 43.9 Å². The molecule has 2 aromatic rings. The third kappa shape index (κ3) is 4.08. The molecule has 1 heterocycles. The molecule has 2 aromatic carbocycles. The molecule has 1 aliphatic carbocycles. The van der Waals surface area contributed by atoms with Gasteiger partial charge in [0.2, 0.25) is 0 Å². The molecule has 0 bridgehead atoms. The van der Waals surface area contributed by atoms with Gasteiger partial charge in [0.15, 0.2) is 0 Å². The first-order valence-electron chi connectivity index (χ1n) is 9.72. The van der Waals surface area contributed by atoms with Gasteiger partial charge in [-0.25, -0.2) is 0 Å². The molecule has 27 heavy (non-hydrogen) atoms. The number of nitrogens with two attached hydrogens (primary N) is 1. The van der Waals surface area contributed by atoms with E-state index in [0.717, 1.165) is 44.5 Å². The minimum atomic E-state index is -0.0385. The highest BCUT2D eigenvalue weighted by Crippen LogP contribution is 2.38. The second-order valence-corrected chi connectivity index (χ2v) is 8.00. The zero-order chi connectivity index (χ0) is 18.8. The molecule has 4 rings (SSSR count). The Kier molecular flexibility index (Phi) is 5.58. The number of fused-ring (bicyclic) bond motifs is 1. The van der Waals surface area contributed by atoms with Crippen molar-refractivity contribution >= 4 is 11.6 Å². The van der Waals surface area contributed by atoms with Crippen LogP contribution in [-0.2, 0) is 6.42 Å². The van der Waals surface area contributed by atoms with Gasteiger partial charge in [0.25, 0.3) is 0 Å². The van der Waals surface area contributed by atoms with Gasteiger partial charge in [0, 0.05) is 23.7 Å². The number of likely N-dealkylation sites (tertiary alicyclic amines) is 1. The van der Waals surface area contributed by atoms with Crippen LogP contribution in [0.4, 0.5) is 0 Å². The number of ether oxygens (including phenoxy) is 2. The third-order valence-electron chi connectivity index (χ3n) is 5.72. The van der Waals surface area contributed by atoms with Crippen LogP contribution in [0.2, 0.25) is 5.02 Å². The number of piperidine rings is 1. The van der Waals surface area contributed by atoms with Crippen LogP contribution in [0.3, 0.4) is 0 Å². The number of methoxy groups -OCH3 is 1. The minimum absolute atomic E-state index is 0.0385. The fraction of sp³-hybridized carbons (Fsp3) is 0.455. The molecule has 0 radical (unpaired) electrons. The van der Waals surface area contributed by atoms with Gasteiger partial charge in [0.05, 0.1) is 13.2 Å². The fourth-order valence-electron chi connectivity index (χ4n) is 4.43. The smallest absolute Gasteiger partial charge is 0.139 e. The van der Waals surface area contributed by atoms with E-state index < -0.39 is 0 Å². The summed E-state index contributed by atoms with van der Waals surface area (Å²) in [5.41, 5.74) is 8.91. The van der Waals surface area contributed by atoms with E-state index in [0.29, 0.717) is 16.8 Å². The zero-order valence-electron chi connectivity index (χ0n) is 15.7. The second-order valence-electron chi connectivity index (χ2n) is 7.57. The lowest BCUT2D eigenvalue weighted by atomic mass is 9.84. The van der Waals surface area contributed by atoms with Crippen molar-refractivity contribution in [1.82, 2.24) is 4.90 Å². The molecule has 0 aromatic heterocycles. The van der Waals surface area contributed by atoms with E-state index in [4.69, 9.17) is 26.8 Å². The van der Waals surface area contributed by atoms with Crippen LogP contribution in [-0.4, -0.2) is 37.2 Å². The monoisotopic (exact) mass is 386 g/mol. The lowest BCUT2D eigenvalue weighted by Crippen LogP contribution is -2.51. The summed E-state index contributed by atoms with van der Waals surface area (Å²) >= 11 is 6.26. The summed E-state index contributed by atoms with van der Waals surface area (Å²) in [4.78, 5) is 2.52. The molecule has 0 amide bonds. The van der Waals surface area contributed by atoms with Crippen LogP contribution in [0.15, 0.2) is 42.5 Å². The van der Waals surface area contributed by atoms with Crippen molar-refractivity contribution in [2.75, 3.05) is 20.2 Å². The Morgan fingerprint density at radius 3 is 2.74 bits per heavy atom. The number of halogens is 1. The first kappa shape index (κ1) is 18.6. The molecule has 4 nitrogen and oxygen atoms in total. The van der Waals surface area contributed by atoms with E-state index in [1.165, 1.54) is 11.1 Å². The van der Waals surface area contributed by atoms with Crippen molar-refractivity contribution in [3.8, 4) is 11.5 Å². The Bertz CT molecular complexity index is 798. The molecule has 0 spiro atoms. The van der Waals surface area contributed by atoms with Gasteiger partial charge < -0.3 is 15.2 Å². The SMILES string of the molecule is COc1cc(Cl)cc(O[C@H]2c3ccccc3CC[C@@H]2N2CCC[C@H](N)C2)c1. The Labute approximate surface area is 166 Å². The molecule has 144 valence electrons. The van der Waals surface area contributed by atoms with Crippen LogP contribution in [0.1, 0.15) is 36.5 Å². The van der Waals surface area contributed by atoms with Crippen molar-refractivity contribution in [2.24, 2.45) is 5.73 Å². The molecule has 0 unspecified atom stereocenters. The van der Waals surface area contributed by atoms with Crippen molar-refractivity contribution in [3.63, 3.8) is 0 Å². The summed E-state index contributed by atoms with van der Waals surface area (Å²) in [6.45, 7) is 2.02. The normalized spacial score (nSPS) is 25.7. The van der Waals surface area contributed by atoms with Gasteiger partial charge >= 0.3 is 0 Å². The van der Waals surface area contributed by atoms with Gasteiger partial charge in [-0.1, -0.05) is 35.9 Å². The molecule has 3 atom stereocenters. The van der Waals surface area contributed by atoms with E-state index in [9.17, 15) is 0 Å². The summed E-state index contributed by atoms with van der Waals surface area (Å²) in [6, 6.07) is 14.7. The lowest BCUT2D eigenvalue weighted by Gasteiger charge is -2.43. The molecule has 5 heteroatoms. The zero-order valence-corrected chi connectivity index (χ0v) is 16.5. The Balaban J connectivity index is 1.67. The van der Waals surface area contributed by atoms with Crippen LogP contribution >= 0.6 is 11.6 Å². The highest BCUT2D eigenvalue weighted by atomic mass is 35.5. The highest BCUT2D eigenvalue weighted by molar-refractivity contribution is 6.30. The molecule has 2 aliphatic rings. The van der Waals surface area contributed by atoms with Crippen molar-refractivity contribution < 1.29 is 9.47 Å². The fourth-order valence-corrected chi connectivity index (χ4v) is 4.64. The van der Waals surface area contributed by atoms with Crippen LogP contribution < -0.4 is 15.2 Å². The van der Waals surface area contributed by atoms with E-state index in [1.54, 1.807) is 13.2 Å². The maximum Gasteiger partial charge on any atom is 0.139 e. The molecular weight excluding hydrogens is 360 g/mol. The molecule has 1 saturated heterocycles. The van der Waals surface area contributed by atoms with Gasteiger partial charge in [-0.15, -0.1) is 0 Å². The lowest BCUT2D eigenvalue weighted by molar-refractivity contribution is 0.0366. The molecule has 2 N–H and O–H groups in total. The van der Waals surface area contributed by atoms with E-state index in [1.807, 2.05) is 12.1 Å². The summed E-state index contributed by atoms with van der Waals surface area (Å²) in [5, 5.41) is 0.616. The number of rotatable bonds is 4. The number of hydrogen-bond acceptors (Lipinski definition) is 4. The molecule has 1 fully saturated rings. The Morgan fingerprint density at radius 2 is 1.93 bits per heavy atom. The minimum Gasteiger partial charge on any atom is -0.497 e. The van der Waals surface area contributed by atoms with Gasteiger partial charge in [-0.3, -0.25) is 4.90 Å². The Morgan fingerprint density at radius 1 is 1.11 bits per heavy atom. The van der Waals surface area contributed by atoms with Crippen molar-refractivity contribution in [3.05, 3.63) is 58.6 Å². The summed E-state index contributed by atoms with van der Waals surface area (Å²) in [5.74, 6) is 1.45. The van der Waals surface area contributed by atoms with E-state index in [2.05, 4.69) is 29.2 Å². The van der Waals surface area contributed by atoms with Crippen molar-refractivity contribution in [1.29, 1.82) is 0 Å². The van der Waals surface area contributed by atoms with Gasteiger partial charge in [-0.2, -0.15) is 0 Å². The maximum atomic E-state index is 6.56. The average Bonchev–Trinajstić information content (AvgIpc) is 2.67. The summed E-state index contributed by atoms with van der Waals surface area (Å²) < 4.78 is 11.9. The topological polar surface area (TPSA) is 47.7 Å². The molecule has 0 saturated carbocycles. The Hall–Kier alpha value is -1.75.